The number of ether oxygens (including phenoxy) is 1. The Morgan fingerprint density at radius 3 is 2.29 bits per heavy atom. The monoisotopic (exact) mass is 534 g/mol. The molecule has 3 aromatic carbocycles. The standard InChI is InChI=1S/C26H26N6O5S/c1-14(2)16-9-11-17(12-10-16)32(26(36)38-25-28-29-30-31(25)4)15(3)24(35)37-21-13-20(23(27)34)22(33)19-8-6-5-7-18(19)21/h5-15,33H,1-4H3,(H2,27,34). The molecule has 1 atom stereocenters. The highest BCUT2D eigenvalue weighted by molar-refractivity contribution is 8.13. The number of phenols is 1. The van der Waals surface area contributed by atoms with E-state index in [0.717, 1.165) is 17.3 Å². The van der Waals surface area contributed by atoms with Gasteiger partial charge in [0.05, 0.1) is 5.56 Å². The van der Waals surface area contributed by atoms with Gasteiger partial charge in [-0.25, -0.2) is 9.48 Å². The molecule has 4 aromatic rings. The zero-order chi connectivity index (χ0) is 27.6. The summed E-state index contributed by atoms with van der Waals surface area (Å²) in [6.07, 6.45) is 0. The minimum atomic E-state index is -1.09. The van der Waals surface area contributed by atoms with E-state index in [0.29, 0.717) is 16.5 Å². The van der Waals surface area contributed by atoms with Crippen molar-refractivity contribution in [3.05, 3.63) is 65.7 Å². The minimum Gasteiger partial charge on any atom is -0.506 e. The number of hydrogen-bond acceptors (Lipinski definition) is 9. The molecule has 0 saturated carbocycles. The van der Waals surface area contributed by atoms with E-state index in [2.05, 4.69) is 29.4 Å². The van der Waals surface area contributed by atoms with Crippen molar-refractivity contribution in [1.82, 2.24) is 20.2 Å². The maximum absolute atomic E-state index is 13.5. The predicted molar refractivity (Wildman–Crippen MR) is 142 cm³/mol. The fourth-order valence-corrected chi connectivity index (χ4v) is 4.60. The smallest absolute Gasteiger partial charge is 0.334 e. The quantitative estimate of drug-likeness (QED) is 0.203. The van der Waals surface area contributed by atoms with E-state index in [4.69, 9.17) is 10.5 Å². The number of anilines is 1. The van der Waals surface area contributed by atoms with Crippen LogP contribution in [0.25, 0.3) is 10.8 Å². The summed E-state index contributed by atoms with van der Waals surface area (Å²) in [6, 6.07) is 14.0. The number of aromatic nitrogens is 4. The molecule has 3 N–H and O–H groups in total. The van der Waals surface area contributed by atoms with Crippen LogP contribution < -0.4 is 15.4 Å². The second kappa shape index (κ2) is 10.9. The predicted octanol–water partition coefficient (Wildman–Crippen LogP) is 4.00. The maximum Gasteiger partial charge on any atom is 0.334 e. The Morgan fingerprint density at radius 2 is 1.71 bits per heavy atom. The number of primary amides is 1. The lowest BCUT2D eigenvalue weighted by Crippen LogP contribution is -2.43. The number of carbonyl (C=O) groups excluding carboxylic acids is 3. The first-order valence-electron chi connectivity index (χ1n) is 11.7. The number of fused-ring (bicyclic) bond motifs is 1. The summed E-state index contributed by atoms with van der Waals surface area (Å²) in [6.45, 7) is 5.64. The molecule has 0 spiro atoms. The maximum atomic E-state index is 13.5. The van der Waals surface area contributed by atoms with Crippen molar-refractivity contribution in [2.24, 2.45) is 12.8 Å². The van der Waals surface area contributed by atoms with Crippen molar-refractivity contribution >= 4 is 45.3 Å². The van der Waals surface area contributed by atoms with Gasteiger partial charge in [0.25, 0.3) is 11.1 Å². The lowest BCUT2D eigenvalue weighted by atomic mass is 10.0. The molecule has 12 heteroatoms. The fourth-order valence-electron chi connectivity index (χ4n) is 3.84. The molecular formula is C26H26N6O5S. The van der Waals surface area contributed by atoms with Gasteiger partial charge in [0.1, 0.15) is 17.5 Å². The third-order valence-corrected chi connectivity index (χ3v) is 6.88. The Balaban J connectivity index is 1.71. The first kappa shape index (κ1) is 26.6. The number of nitrogens with zero attached hydrogens (tertiary/aromatic N) is 5. The van der Waals surface area contributed by atoms with Gasteiger partial charge in [-0.3, -0.25) is 14.5 Å². The lowest BCUT2D eigenvalue weighted by Gasteiger charge is -2.27. The number of aryl methyl sites for hydroxylation is 1. The zero-order valence-corrected chi connectivity index (χ0v) is 22.0. The molecule has 1 aromatic heterocycles. The number of benzene rings is 3. The Bertz CT molecular complexity index is 1520. The molecule has 38 heavy (non-hydrogen) atoms. The summed E-state index contributed by atoms with van der Waals surface area (Å²) >= 11 is 0.765. The van der Waals surface area contributed by atoms with Gasteiger partial charge in [-0.15, -0.1) is 5.10 Å². The number of esters is 1. The SMILES string of the molecule is CC(C)c1ccc(N(C(=O)Sc2nnnn2C)C(C)C(=O)Oc2cc(C(N)=O)c(O)c3ccccc23)cc1. The number of hydrogen-bond donors (Lipinski definition) is 2. The average Bonchev–Trinajstić information content (AvgIpc) is 3.29. The summed E-state index contributed by atoms with van der Waals surface area (Å²) in [5, 5.41) is 22.1. The van der Waals surface area contributed by atoms with Crippen molar-refractivity contribution in [2.45, 2.75) is 37.9 Å². The van der Waals surface area contributed by atoms with Crippen LogP contribution in [0.15, 0.2) is 59.8 Å². The van der Waals surface area contributed by atoms with Crippen LogP contribution in [0.1, 0.15) is 42.6 Å². The molecule has 196 valence electrons. The van der Waals surface area contributed by atoms with Gasteiger partial charge in [0.2, 0.25) is 5.16 Å². The molecule has 0 radical (unpaired) electrons. The Labute approximate surface area is 222 Å². The Hall–Kier alpha value is -4.45. The van der Waals surface area contributed by atoms with Gasteiger partial charge in [-0.05, 0) is 47.0 Å². The highest BCUT2D eigenvalue weighted by atomic mass is 32.2. The van der Waals surface area contributed by atoms with Crippen LogP contribution in [0.3, 0.4) is 0 Å². The van der Waals surface area contributed by atoms with E-state index >= 15 is 0 Å². The van der Waals surface area contributed by atoms with Gasteiger partial charge in [-0.1, -0.05) is 50.2 Å². The van der Waals surface area contributed by atoms with E-state index in [1.54, 1.807) is 43.4 Å². The largest absolute Gasteiger partial charge is 0.506 e. The minimum absolute atomic E-state index is 0.0248. The second-order valence-electron chi connectivity index (χ2n) is 8.85. The van der Waals surface area contributed by atoms with Crippen molar-refractivity contribution in [3.8, 4) is 11.5 Å². The first-order valence-corrected chi connectivity index (χ1v) is 12.5. The van der Waals surface area contributed by atoms with Crippen molar-refractivity contribution in [1.29, 1.82) is 0 Å². The Kier molecular flexibility index (Phi) is 7.62. The second-order valence-corrected chi connectivity index (χ2v) is 9.77. The molecule has 4 rings (SSSR count). The summed E-state index contributed by atoms with van der Waals surface area (Å²) in [5.41, 5.74) is 6.77. The molecule has 11 nitrogen and oxygen atoms in total. The third-order valence-electron chi connectivity index (χ3n) is 5.98. The molecular weight excluding hydrogens is 508 g/mol. The first-order chi connectivity index (χ1) is 18.1. The molecule has 0 aliphatic carbocycles. The lowest BCUT2D eigenvalue weighted by molar-refractivity contribution is -0.135. The van der Waals surface area contributed by atoms with Crippen LogP contribution >= 0.6 is 11.8 Å². The van der Waals surface area contributed by atoms with Crippen LogP contribution in [0.5, 0.6) is 11.5 Å². The molecule has 0 bridgehead atoms. The number of amides is 2. The summed E-state index contributed by atoms with van der Waals surface area (Å²) in [7, 11) is 1.60. The van der Waals surface area contributed by atoms with Crippen molar-refractivity contribution in [2.75, 3.05) is 4.90 Å². The van der Waals surface area contributed by atoms with E-state index in [1.807, 2.05) is 12.1 Å². The van der Waals surface area contributed by atoms with Gasteiger partial charge in [-0.2, -0.15) is 0 Å². The normalized spacial score (nSPS) is 11.9. The molecule has 0 fully saturated rings. The van der Waals surface area contributed by atoms with Gasteiger partial charge in [0.15, 0.2) is 0 Å². The van der Waals surface area contributed by atoms with E-state index < -0.39 is 23.2 Å². The van der Waals surface area contributed by atoms with Crippen molar-refractivity contribution < 1.29 is 24.2 Å². The van der Waals surface area contributed by atoms with E-state index in [1.165, 1.54) is 22.6 Å². The molecule has 0 aliphatic heterocycles. The van der Waals surface area contributed by atoms with Gasteiger partial charge in [0, 0.05) is 35.3 Å². The topological polar surface area (TPSA) is 154 Å². The van der Waals surface area contributed by atoms with Crippen LogP contribution in [-0.2, 0) is 11.8 Å². The van der Waals surface area contributed by atoms with Gasteiger partial charge < -0.3 is 15.6 Å². The summed E-state index contributed by atoms with van der Waals surface area (Å²) in [5.74, 6) is -1.66. The van der Waals surface area contributed by atoms with Crippen LogP contribution in [0.2, 0.25) is 0 Å². The van der Waals surface area contributed by atoms with E-state index in [-0.39, 0.29) is 28.1 Å². The van der Waals surface area contributed by atoms with Crippen LogP contribution in [-0.4, -0.2) is 48.5 Å². The van der Waals surface area contributed by atoms with E-state index in [9.17, 15) is 19.5 Å². The summed E-state index contributed by atoms with van der Waals surface area (Å²) < 4.78 is 7.05. The highest BCUT2D eigenvalue weighted by Gasteiger charge is 2.31. The third kappa shape index (κ3) is 5.30. The van der Waals surface area contributed by atoms with Crippen molar-refractivity contribution in [3.63, 3.8) is 0 Å². The summed E-state index contributed by atoms with van der Waals surface area (Å²) in [4.78, 5) is 40.1. The highest BCUT2D eigenvalue weighted by Crippen LogP contribution is 2.36. The average molecular weight is 535 g/mol. The molecule has 0 aliphatic rings. The fraction of sp³-hybridized carbons (Fsp3) is 0.231. The number of tetrazole rings is 1. The van der Waals surface area contributed by atoms with Gasteiger partial charge >= 0.3 is 5.97 Å². The molecule has 0 saturated heterocycles. The number of thioether (sulfide) groups is 1. The van der Waals surface area contributed by atoms with Crippen LogP contribution in [0.4, 0.5) is 10.5 Å². The number of nitrogens with two attached hydrogens (primary N) is 1. The molecule has 1 heterocycles. The molecule has 1 unspecified atom stereocenters. The van der Waals surface area contributed by atoms with Crippen LogP contribution in [0, 0.1) is 0 Å². The Morgan fingerprint density at radius 1 is 1.05 bits per heavy atom. The number of carbonyl (C=O) groups is 3. The number of aromatic hydroxyl groups is 1. The number of rotatable bonds is 7. The molecule has 2 amide bonds. The zero-order valence-electron chi connectivity index (χ0n) is 21.2.